The molecule has 2 aromatic rings. The molecule has 0 spiro atoms. The average Bonchev–Trinajstić information content (AvgIpc) is 3.35. The number of nitrogens with zero attached hydrogens (tertiary/aromatic N) is 1. The van der Waals surface area contributed by atoms with Crippen LogP contribution in [0.3, 0.4) is 0 Å². The van der Waals surface area contributed by atoms with Crippen molar-refractivity contribution in [3.63, 3.8) is 0 Å². The predicted molar refractivity (Wildman–Crippen MR) is 133 cm³/mol. The first-order valence-electron chi connectivity index (χ1n) is 12.5. The number of likely N-dealkylation sites (tertiary alicyclic amines) is 1. The van der Waals surface area contributed by atoms with E-state index in [0.29, 0.717) is 0 Å². The van der Waals surface area contributed by atoms with Crippen molar-refractivity contribution in [2.24, 2.45) is 5.92 Å². The van der Waals surface area contributed by atoms with Gasteiger partial charge in [0.05, 0.1) is 19.1 Å². The largest absolute Gasteiger partial charge is 0.497 e. The summed E-state index contributed by atoms with van der Waals surface area (Å²) in [7, 11) is 1.66. The number of amides is 1. The van der Waals surface area contributed by atoms with Crippen LogP contribution in [0.5, 0.6) is 11.5 Å². The van der Waals surface area contributed by atoms with Crippen molar-refractivity contribution < 1.29 is 14.3 Å². The van der Waals surface area contributed by atoms with Gasteiger partial charge in [-0.15, -0.1) is 0 Å². The standard InChI is InChI=1S/C28H38N2O3/c1-22-14-19-30(20-15-22)18-5-21-33-26-12-8-24(9-13-26)29-27(31)28(16-3-4-17-28)23-6-10-25(32-2)11-7-23/h6-13,22H,3-5,14-21H2,1-2H3,(H,29,31). The molecule has 1 heterocycles. The summed E-state index contributed by atoms with van der Waals surface area (Å²) in [5.74, 6) is 2.62. The summed E-state index contributed by atoms with van der Waals surface area (Å²) in [6, 6.07) is 15.7. The molecule has 4 rings (SSSR count). The maximum atomic E-state index is 13.4. The van der Waals surface area contributed by atoms with Gasteiger partial charge in [-0.3, -0.25) is 4.79 Å². The smallest absolute Gasteiger partial charge is 0.235 e. The van der Waals surface area contributed by atoms with Gasteiger partial charge >= 0.3 is 0 Å². The van der Waals surface area contributed by atoms with Crippen LogP contribution >= 0.6 is 0 Å². The molecule has 5 heteroatoms. The molecule has 178 valence electrons. The molecule has 0 bridgehead atoms. The second kappa shape index (κ2) is 11.1. The lowest BCUT2D eigenvalue weighted by molar-refractivity contribution is -0.121. The second-order valence-corrected chi connectivity index (χ2v) is 9.72. The lowest BCUT2D eigenvalue weighted by atomic mass is 9.78. The second-order valence-electron chi connectivity index (χ2n) is 9.72. The normalized spacial score (nSPS) is 18.7. The van der Waals surface area contributed by atoms with E-state index in [1.165, 1.54) is 25.9 Å². The maximum Gasteiger partial charge on any atom is 0.235 e. The highest BCUT2D eigenvalue weighted by Crippen LogP contribution is 2.42. The molecule has 33 heavy (non-hydrogen) atoms. The van der Waals surface area contributed by atoms with E-state index in [-0.39, 0.29) is 5.91 Å². The van der Waals surface area contributed by atoms with Crippen LogP contribution in [-0.4, -0.2) is 44.2 Å². The van der Waals surface area contributed by atoms with Crippen LogP contribution < -0.4 is 14.8 Å². The van der Waals surface area contributed by atoms with Crippen LogP contribution in [0.25, 0.3) is 0 Å². The zero-order valence-electron chi connectivity index (χ0n) is 20.1. The minimum absolute atomic E-state index is 0.0784. The highest BCUT2D eigenvalue weighted by Gasteiger charge is 2.42. The lowest BCUT2D eigenvalue weighted by Gasteiger charge is -2.30. The topological polar surface area (TPSA) is 50.8 Å². The summed E-state index contributed by atoms with van der Waals surface area (Å²) in [5, 5.41) is 3.16. The number of carbonyl (C=O) groups is 1. The van der Waals surface area contributed by atoms with Gasteiger partial charge in [-0.2, -0.15) is 0 Å². The number of hydrogen-bond donors (Lipinski definition) is 1. The Kier molecular flexibility index (Phi) is 7.92. The van der Waals surface area contributed by atoms with E-state index in [1.54, 1.807) is 7.11 Å². The minimum Gasteiger partial charge on any atom is -0.497 e. The molecular weight excluding hydrogens is 412 g/mol. The Hall–Kier alpha value is -2.53. The first-order chi connectivity index (χ1) is 16.1. The molecule has 1 aliphatic heterocycles. The molecular formula is C28H38N2O3. The number of hydrogen-bond acceptors (Lipinski definition) is 4. The van der Waals surface area contributed by atoms with Crippen LogP contribution in [0.1, 0.15) is 57.4 Å². The van der Waals surface area contributed by atoms with Gasteiger partial charge < -0.3 is 19.7 Å². The first kappa shape index (κ1) is 23.6. The molecule has 1 amide bonds. The van der Waals surface area contributed by atoms with E-state index in [1.807, 2.05) is 48.5 Å². The molecule has 5 nitrogen and oxygen atoms in total. The van der Waals surface area contributed by atoms with Gasteiger partial charge in [-0.1, -0.05) is 31.9 Å². The molecule has 0 aromatic heterocycles. The van der Waals surface area contributed by atoms with Crippen LogP contribution in [-0.2, 0) is 10.2 Å². The number of ether oxygens (including phenoxy) is 2. The Morgan fingerprint density at radius 1 is 1.00 bits per heavy atom. The number of benzene rings is 2. The van der Waals surface area contributed by atoms with Gasteiger partial charge in [0, 0.05) is 12.2 Å². The van der Waals surface area contributed by atoms with E-state index in [0.717, 1.165) is 73.9 Å². The monoisotopic (exact) mass is 450 g/mol. The van der Waals surface area contributed by atoms with E-state index in [4.69, 9.17) is 9.47 Å². The minimum atomic E-state index is -0.465. The molecule has 2 aromatic carbocycles. The average molecular weight is 451 g/mol. The third-order valence-electron chi connectivity index (χ3n) is 7.41. The van der Waals surface area contributed by atoms with Gasteiger partial charge in [-0.25, -0.2) is 0 Å². The van der Waals surface area contributed by atoms with Gasteiger partial charge in [0.2, 0.25) is 5.91 Å². The van der Waals surface area contributed by atoms with Crippen LogP contribution in [0, 0.1) is 5.92 Å². The number of carbonyl (C=O) groups excluding carboxylic acids is 1. The Morgan fingerprint density at radius 2 is 1.64 bits per heavy atom. The zero-order valence-corrected chi connectivity index (χ0v) is 20.1. The SMILES string of the molecule is COc1ccc(C2(C(=O)Nc3ccc(OCCCN4CCC(C)CC4)cc3)CCCC2)cc1. The summed E-state index contributed by atoms with van der Waals surface area (Å²) < 4.78 is 11.2. The van der Waals surface area contributed by atoms with Gasteiger partial charge in [0.25, 0.3) is 0 Å². The molecule has 2 aliphatic rings. The van der Waals surface area contributed by atoms with Crippen molar-refractivity contribution >= 4 is 11.6 Å². The predicted octanol–water partition coefficient (Wildman–Crippen LogP) is 5.65. The Bertz CT molecular complexity index is 880. The Balaban J connectivity index is 1.28. The van der Waals surface area contributed by atoms with Gasteiger partial charge in [0.1, 0.15) is 11.5 Å². The van der Waals surface area contributed by atoms with E-state index >= 15 is 0 Å². The van der Waals surface area contributed by atoms with E-state index in [9.17, 15) is 4.79 Å². The van der Waals surface area contributed by atoms with Crippen LogP contribution in [0.15, 0.2) is 48.5 Å². The fourth-order valence-corrected chi connectivity index (χ4v) is 5.18. The fourth-order valence-electron chi connectivity index (χ4n) is 5.18. The van der Waals surface area contributed by atoms with E-state index in [2.05, 4.69) is 17.1 Å². The maximum absolute atomic E-state index is 13.4. The molecule has 0 radical (unpaired) electrons. The molecule has 1 aliphatic carbocycles. The quantitative estimate of drug-likeness (QED) is 0.502. The zero-order chi connectivity index (χ0) is 23.1. The third-order valence-corrected chi connectivity index (χ3v) is 7.41. The van der Waals surface area contributed by atoms with Crippen molar-refractivity contribution in [2.45, 2.75) is 57.3 Å². The van der Waals surface area contributed by atoms with E-state index < -0.39 is 5.41 Å². The van der Waals surface area contributed by atoms with Crippen molar-refractivity contribution in [3.8, 4) is 11.5 Å². The highest BCUT2D eigenvalue weighted by molar-refractivity contribution is 5.99. The number of methoxy groups -OCH3 is 1. The third kappa shape index (κ3) is 5.89. The summed E-state index contributed by atoms with van der Waals surface area (Å²) in [6.45, 7) is 6.60. The summed E-state index contributed by atoms with van der Waals surface area (Å²) in [4.78, 5) is 15.9. The molecule has 1 N–H and O–H groups in total. The molecule has 1 saturated heterocycles. The molecule has 1 saturated carbocycles. The van der Waals surface area contributed by atoms with Crippen molar-refractivity contribution in [2.75, 3.05) is 38.7 Å². The van der Waals surface area contributed by atoms with Crippen LogP contribution in [0.4, 0.5) is 5.69 Å². The van der Waals surface area contributed by atoms with Gasteiger partial charge in [0.15, 0.2) is 0 Å². The van der Waals surface area contributed by atoms with Crippen LogP contribution in [0.2, 0.25) is 0 Å². The number of rotatable bonds is 9. The molecule has 2 fully saturated rings. The Morgan fingerprint density at radius 3 is 2.27 bits per heavy atom. The van der Waals surface area contributed by atoms with Crippen molar-refractivity contribution in [1.82, 2.24) is 4.90 Å². The highest BCUT2D eigenvalue weighted by atomic mass is 16.5. The Labute approximate surface area is 198 Å². The number of piperidine rings is 1. The van der Waals surface area contributed by atoms with Gasteiger partial charge in [-0.05, 0) is 93.1 Å². The van der Waals surface area contributed by atoms with Crippen molar-refractivity contribution in [3.05, 3.63) is 54.1 Å². The first-order valence-corrected chi connectivity index (χ1v) is 12.5. The fraction of sp³-hybridized carbons (Fsp3) is 0.536. The molecule has 0 unspecified atom stereocenters. The summed E-state index contributed by atoms with van der Waals surface area (Å²) >= 11 is 0. The summed E-state index contributed by atoms with van der Waals surface area (Å²) in [6.07, 6.45) is 7.56. The molecule has 0 atom stereocenters. The lowest BCUT2D eigenvalue weighted by Crippen LogP contribution is -2.37. The summed E-state index contributed by atoms with van der Waals surface area (Å²) in [5.41, 5.74) is 1.42. The number of anilines is 1. The number of nitrogens with one attached hydrogen (secondary N) is 1. The van der Waals surface area contributed by atoms with Crippen molar-refractivity contribution in [1.29, 1.82) is 0 Å².